The maximum Gasteiger partial charge on any atom is 2.00 e. The molecule has 0 aliphatic carbocycles. The van der Waals surface area contributed by atoms with Gasteiger partial charge in [-0.05, 0) is 6.10 Å². The number of hydrogen-bond acceptors (Lipinski definition) is 4. The molecule has 3 N–H and O–H groups in total. The van der Waals surface area contributed by atoms with Crippen molar-refractivity contribution in [3.8, 4) is 0 Å². The van der Waals surface area contributed by atoms with Crippen molar-refractivity contribution in [2.24, 2.45) is 5.92 Å². The van der Waals surface area contributed by atoms with E-state index >= 15 is 0 Å². The Kier molecular flexibility index (Phi) is 7.32. The van der Waals surface area contributed by atoms with E-state index in [-0.39, 0.29) is 24.5 Å². The summed E-state index contributed by atoms with van der Waals surface area (Å²) in [4.78, 5) is 30.4. The van der Waals surface area contributed by atoms with Crippen molar-refractivity contribution in [2.45, 2.75) is 12.5 Å². The number of carboxylic acids is 3. The minimum Gasteiger partial charge on any atom is -1.00 e. The predicted molar refractivity (Wildman–Crippen MR) is 41.7 cm³/mol. The molecule has 0 amide bonds. The summed E-state index contributed by atoms with van der Waals surface area (Å²) in [6, 6.07) is 0. The van der Waals surface area contributed by atoms with Crippen LogP contribution < -0.4 is 5.11 Å². The van der Waals surface area contributed by atoms with E-state index in [1.54, 1.807) is 0 Å². The second-order valence-corrected chi connectivity index (χ2v) is 2.30. The van der Waals surface area contributed by atoms with Crippen LogP contribution in [0.3, 0.4) is 0 Å². The molecule has 2 unspecified atom stereocenters. The molecule has 2 atom stereocenters. The van der Waals surface area contributed by atoms with Crippen LogP contribution >= 0.6 is 0 Å². The maximum absolute atomic E-state index is 10.7. The molecule has 0 bridgehead atoms. The van der Waals surface area contributed by atoms with Gasteiger partial charge >= 0.3 is 35.0 Å². The van der Waals surface area contributed by atoms with Crippen molar-refractivity contribution < 1.29 is 36.2 Å². The third-order valence-electron chi connectivity index (χ3n) is 1.32. The smallest absolute Gasteiger partial charge is 1.00 e. The van der Waals surface area contributed by atoms with Crippen molar-refractivity contribution in [1.29, 1.82) is 0 Å². The van der Waals surface area contributed by atoms with E-state index in [0.717, 1.165) is 0 Å². The van der Waals surface area contributed by atoms with Gasteiger partial charge in [0.25, 0.3) is 5.97 Å². The number of aliphatic carboxylic acids is 3. The van der Waals surface area contributed by atoms with Crippen LogP contribution in [-0.4, -0.2) is 62.4 Å². The molecule has 14 heavy (non-hydrogen) atoms. The van der Waals surface area contributed by atoms with Gasteiger partial charge in [-0.2, -0.15) is 0 Å². The fourth-order valence-corrected chi connectivity index (χ4v) is 0.684. The van der Waals surface area contributed by atoms with Gasteiger partial charge in [-0.3, -0.25) is 14.4 Å². The first-order valence-corrected chi connectivity index (χ1v) is 3.19. The molecule has 0 rings (SSSR count). The quantitative estimate of drug-likeness (QED) is 0.440. The van der Waals surface area contributed by atoms with Crippen molar-refractivity contribution >= 4 is 41.0 Å². The minimum absolute atomic E-state index is 0. The Morgan fingerprint density at radius 3 is 1.79 bits per heavy atom. The topological polar surface area (TPSA) is 135 Å². The zero-order valence-electron chi connectivity index (χ0n) is 8.04. The molecule has 0 aromatic heterocycles. The number of carboxylic acid groups (broad SMARTS) is 3. The maximum atomic E-state index is 10.7. The molecule has 0 heterocycles. The van der Waals surface area contributed by atoms with E-state index in [2.05, 4.69) is 0 Å². The van der Waals surface area contributed by atoms with Gasteiger partial charge < -0.3 is 21.9 Å². The SMILES string of the molecule is O=C(O)CC(C(=O)O)C([O-])C(=O)O.[H-].[Mg+2]. The number of hydrogen-bond donors (Lipinski definition) is 3. The summed E-state index contributed by atoms with van der Waals surface area (Å²) in [5.41, 5.74) is 0. The van der Waals surface area contributed by atoms with Gasteiger partial charge in [-0.1, -0.05) is 0 Å². The van der Waals surface area contributed by atoms with Crippen LogP contribution in [0.2, 0.25) is 0 Å². The molecule has 7 nitrogen and oxygen atoms in total. The van der Waals surface area contributed by atoms with Crippen molar-refractivity contribution in [3.05, 3.63) is 0 Å². The molecule has 0 radical (unpaired) electrons. The molecule has 0 spiro atoms. The predicted octanol–water partition coefficient (Wildman–Crippen LogP) is -2.29. The summed E-state index contributed by atoms with van der Waals surface area (Å²) in [6.07, 6.45) is -3.44. The van der Waals surface area contributed by atoms with Gasteiger partial charge in [-0.25, -0.2) is 0 Å². The van der Waals surface area contributed by atoms with Gasteiger partial charge in [0.2, 0.25) is 0 Å². The molecule has 0 aliphatic rings. The van der Waals surface area contributed by atoms with Crippen LogP contribution in [0, 0.1) is 5.92 Å². The molecular weight excluding hydrogens is 208 g/mol. The fourth-order valence-electron chi connectivity index (χ4n) is 0.684. The molecule has 0 aromatic rings. The molecule has 8 heteroatoms. The number of carbonyl (C=O) groups is 3. The zero-order chi connectivity index (χ0) is 10.6. The average molecular weight is 216 g/mol. The molecule has 0 aromatic carbocycles. The molecule has 0 aliphatic heterocycles. The summed E-state index contributed by atoms with van der Waals surface area (Å²) < 4.78 is 0. The zero-order valence-corrected chi connectivity index (χ0v) is 8.46. The van der Waals surface area contributed by atoms with E-state index in [9.17, 15) is 19.5 Å². The van der Waals surface area contributed by atoms with Crippen molar-refractivity contribution in [3.63, 3.8) is 0 Å². The molecule has 76 valence electrons. The third-order valence-corrected chi connectivity index (χ3v) is 1.32. The summed E-state index contributed by atoms with van der Waals surface area (Å²) in [7, 11) is 0. The van der Waals surface area contributed by atoms with Gasteiger partial charge in [0.05, 0.1) is 12.3 Å². The van der Waals surface area contributed by atoms with Crippen LogP contribution in [-0.2, 0) is 14.4 Å². The first kappa shape index (κ1) is 15.6. The van der Waals surface area contributed by atoms with E-state index in [1.807, 2.05) is 0 Å². The minimum atomic E-state index is -2.45. The molecular formula is C6H8MgO7. The second-order valence-electron chi connectivity index (χ2n) is 2.30. The van der Waals surface area contributed by atoms with E-state index in [4.69, 9.17) is 15.3 Å². The molecule has 0 fully saturated rings. The standard InChI is InChI=1S/C6H7O7.Mg.H/c7-3(8)1-2(5(10)11)4(9)6(12)13;;/h2,4H,1H2,(H,7,8)(H,10,11)(H,12,13);;/q-1;+2;-1. The van der Waals surface area contributed by atoms with Gasteiger partial charge in [0.1, 0.15) is 0 Å². The van der Waals surface area contributed by atoms with Crippen molar-refractivity contribution in [1.82, 2.24) is 0 Å². The Bertz CT molecular complexity index is 244. The summed E-state index contributed by atoms with van der Waals surface area (Å²) in [6.45, 7) is 0. The van der Waals surface area contributed by atoms with Crippen LogP contribution in [0.4, 0.5) is 0 Å². The second kappa shape index (κ2) is 6.57. The first-order valence-electron chi connectivity index (χ1n) is 3.19. The van der Waals surface area contributed by atoms with E-state index in [1.165, 1.54) is 0 Å². The third kappa shape index (κ3) is 4.99. The Hall–Kier alpha value is -0.864. The Labute approximate surface area is 96.0 Å². The average Bonchev–Trinajstić information content (AvgIpc) is 1.97. The molecule has 0 saturated carbocycles. The van der Waals surface area contributed by atoms with Crippen LogP contribution in [0.5, 0.6) is 0 Å². The number of rotatable bonds is 5. The summed E-state index contributed by atoms with van der Waals surface area (Å²) in [5.74, 6) is -7.04. The summed E-state index contributed by atoms with van der Waals surface area (Å²) in [5, 5.41) is 35.3. The largest absolute Gasteiger partial charge is 2.00 e. The van der Waals surface area contributed by atoms with Gasteiger partial charge in [0, 0.05) is 0 Å². The van der Waals surface area contributed by atoms with Crippen LogP contribution in [0.15, 0.2) is 0 Å². The Morgan fingerprint density at radius 1 is 1.14 bits per heavy atom. The van der Waals surface area contributed by atoms with Crippen LogP contribution in [0.25, 0.3) is 0 Å². The fraction of sp³-hybridized carbons (Fsp3) is 0.500. The van der Waals surface area contributed by atoms with Gasteiger partial charge in [0.15, 0.2) is 0 Å². The Morgan fingerprint density at radius 2 is 1.57 bits per heavy atom. The van der Waals surface area contributed by atoms with E-state index in [0.29, 0.717) is 0 Å². The van der Waals surface area contributed by atoms with E-state index < -0.39 is 36.4 Å². The first-order chi connectivity index (χ1) is 5.86. The van der Waals surface area contributed by atoms with Crippen LogP contribution in [0.1, 0.15) is 7.85 Å². The Balaban J connectivity index is -0.000000720. The van der Waals surface area contributed by atoms with Gasteiger partial charge in [-0.15, -0.1) is 0 Å². The van der Waals surface area contributed by atoms with Crippen molar-refractivity contribution in [2.75, 3.05) is 0 Å². The monoisotopic (exact) mass is 216 g/mol. The molecule has 0 saturated heterocycles. The normalized spacial score (nSPS) is 13.5. The summed E-state index contributed by atoms with van der Waals surface area (Å²) >= 11 is 0.